The lowest BCUT2D eigenvalue weighted by atomic mass is 9.95. The number of carbonyl (C=O) groups is 1. The molecule has 0 aliphatic carbocycles. The lowest BCUT2D eigenvalue weighted by Crippen LogP contribution is -2.30. The van der Waals surface area contributed by atoms with E-state index < -0.39 is 29.2 Å². The Balaban J connectivity index is 1.66. The summed E-state index contributed by atoms with van der Waals surface area (Å²) in [5, 5.41) is 6.74. The number of anilines is 2. The van der Waals surface area contributed by atoms with Gasteiger partial charge in [0.1, 0.15) is 5.75 Å². The molecule has 5 rings (SSSR count). The number of methoxy groups -OCH3 is 1. The van der Waals surface area contributed by atoms with Crippen LogP contribution >= 0.6 is 12.2 Å². The molecule has 1 fully saturated rings. The van der Waals surface area contributed by atoms with Gasteiger partial charge in [0.2, 0.25) is 5.91 Å². The van der Waals surface area contributed by atoms with Crippen LogP contribution in [0.4, 0.5) is 24.5 Å². The van der Waals surface area contributed by atoms with Crippen LogP contribution in [0.1, 0.15) is 61.1 Å². The van der Waals surface area contributed by atoms with E-state index in [2.05, 4.69) is 15.6 Å². The fourth-order valence-electron chi connectivity index (χ4n) is 5.56. The Labute approximate surface area is 260 Å². The first kappa shape index (κ1) is 31.1. The van der Waals surface area contributed by atoms with Gasteiger partial charge in [-0.15, -0.1) is 0 Å². The number of hydrogen-bond acceptors (Lipinski definition) is 4. The summed E-state index contributed by atoms with van der Waals surface area (Å²) in [5.74, 6) is 0.272. The Hall–Kier alpha value is -4.38. The van der Waals surface area contributed by atoms with E-state index in [0.717, 1.165) is 17.3 Å². The third-order valence-corrected chi connectivity index (χ3v) is 8.04. The second kappa shape index (κ2) is 11.6. The van der Waals surface area contributed by atoms with Gasteiger partial charge in [0.05, 0.1) is 41.8 Å². The van der Waals surface area contributed by atoms with Crippen molar-refractivity contribution in [2.75, 3.05) is 17.3 Å². The number of pyridine rings is 1. The van der Waals surface area contributed by atoms with Crippen LogP contribution < -0.4 is 20.3 Å². The maximum Gasteiger partial charge on any atom is 0.418 e. The monoisotopic (exact) mass is 621 g/mol. The molecule has 2 unspecified atom stereocenters. The number of ether oxygens (including phenoxy) is 1. The number of thiocarbonyl (C=S) groups is 1. The van der Waals surface area contributed by atoms with Gasteiger partial charge < -0.3 is 24.8 Å². The number of halogens is 3. The molecule has 0 spiro atoms. The summed E-state index contributed by atoms with van der Waals surface area (Å²) in [7, 11) is 1.52. The smallest absolute Gasteiger partial charge is 0.418 e. The largest absolute Gasteiger partial charge is 0.494 e. The molecule has 2 N–H and O–H groups in total. The van der Waals surface area contributed by atoms with E-state index in [1.807, 2.05) is 62.9 Å². The fourth-order valence-corrected chi connectivity index (χ4v) is 5.90. The van der Waals surface area contributed by atoms with Gasteiger partial charge in [-0.25, -0.2) is 0 Å². The standard InChI is InChI=1S/C33H34F3N5O2S/c1-19-17-22(20(2)40(19)26-13-8-7-11-23(26)33(34,35)36)29-28(25-12-9-10-16-37-25)39-31(44)41(29)21-14-15-24(27(18-21)43-6)38-30(42)32(3,4)5/h7-18,28-29H,1-6H3,(H,38,42)(H,39,44). The van der Waals surface area contributed by atoms with E-state index in [0.29, 0.717) is 33.6 Å². The number of nitrogens with zero attached hydrogens (tertiary/aromatic N) is 3. The van der Waals surface area contributed by atoms with Crippen molar-refractivity contribution in [2.45, 2.75) is 52.9 Å². The van der Waals surface area contributed by atoms with Crippen molar-refractivity contribution >= 4 is 34.6 Å². The Kier molecular flexibility index (Phi) is 8.19. The number of benzene rings is 2. The van der Waals surface area contributed by atoms with Crippen LogP contribution in [-0.4, -0.2) is 27.7 Å². The summed E-state index contributed by atoms with van der Waals surface area (Å²) in [6.07, 6.45) is -2.84. The van der Waals surface area contributed by atoms with Gasteiger partial charge in [-0.3, -0.25) is 9.78 Å². The fraction of sp³-hybridized carbons (Fsp3) is 0.303. The van der Waals surface area contributed by atoms with Crippen molar-refractivity contribution in [3.63, 3.8) is 0 Å². The van der Waals surface area contributed by atoms with Gasteiger partial charge in [-0.1, -0.05) is 39.0 Å². The second-order valence-electron chi connectivity index (χ2n) is 11.8. The average molecular weight is 622 g/mol. The minimum Gasteiger partial charge on any atom is -0.494 e. The Morgan fingerprint density at radius 1 is 1.02 bits per heavy atom. The van der Waals surface area contributed by atoms with Gasteiger partial charge in [-0.05, 0) is 74.1 Å². The van der Waals surface area contributed by atoms with Crippen LogP contribution in [-0.2, 0) is 11.0 Å². The SMILES string of the molecule is COc1cc(N2C(=S)NC(c3ccccn3)C2c2cc(C)n(-c3ccccc3C(F)(F)F)c2C)ccc1NC(=O)C(C)(C)C. The van der Waals surface area contributed by atoms with Gasteiger partial charge >= 0.3 is 6.18 Å². The molecule has 4 aromatic rings. The normalized spacial score (nSPS) is 17.0. The van der Waals surface area contributed by atoms with Crippen LogP contribution in [0.2, 0.25) is 0 Å². The molecule has 1 amide bonds. The zero-order valence-electron chi connectivity index (χ0n) is 25.3. The first-order chi connectivity index (χ1) is 20.7. The minimum absolute atomic E-state index is 0.0522. The van der Waals surface area contributed by atoms with Crippen LogP contribution in [0, 0.1) is 19.3 Å². The first-order valence-electron chi connectivity index (χ1n) is 14.1. The van der Waals surface area contributed by atoms with E-state index in [1.165, 1.54) is 19.2 Å². The van der Waals surface area contributed by atoms with Crippen molar-refractivity contribution in [2.24, 2.45) is 5.41 Å². The molecule has 1 aliphatic heterocycles. The highest BCUT2D eigenvalue weighted by Gasteiger charge is 2.43. The average Bonchev–Trinajstić information content (AvgIpc) is 3.47. The van der Waals surface area contributed by atoms with Gasteiger partial charge in [0, 0.05) is 34.8 Å². The summed E-state index contributed by atoms with van der Waals surface area (Å²) in [6, 6.07) is 17.5. The first-order valence-corrected chi connectivity index (χ1v) is 14.5. The van der Waals surface area contributed by atoms with Crippen LogP contribution in [0.3, 0.4) is 0 Å². The van der Waals surface area contributed by atoms with Crippen LogP contribution in [0.5, 0.6) is 5.75 Å². The molecule has 0 radical (unpaired) electrons. The molecule has 1 aliphatic rings. The number of hydrogen-bond donors (Lipinski definition) is 2. The maximum atomic E-state index is 14.1. The van der Waals surface area contributed by atoms with Crippen molar-refractivity contribution in [1.29, 1.82) is 0 Å². The molecule has 2 aromatic heterocycles. The molecule has 2 atom stereocenters. The molecule has 7 nitrogen and oxygen atoms in total. The predicted octanol–water partition coefficient (Wildman–Crippen LogP) is 7.68. The Morgan fingerprint density at radius 3 is 2.36 bits per heavy atom. The summed E-state index contributed by atoms with van der Waals surface area (Å²) >= 11 is 5.87. The number of aromatic nitrogens is 2. The third-order valence-electron chi connectivity index (χ3n) is 7.73. The summed E-state index contributed by atoms with van der Waals surface area (Å²) in [6.45, 7) is 9.08. The molecule has 11 heteroatoms. The molecular weight excluding hydrogens is 587 g/mol. The second-order valence-corrected chi connectivity index (χ2v) is 12.1. The molecule has 230 valence electrons. The number of aryl methyl sites for hydroxylation is 1. The number of amides is 1. The molecule has 0 bridgehead atoms. The molecule has 44 heavy (non-hydrogen) atoms. The van der Waals surface area contributed by atoms with Gasteiger partial charge in [0.15, 0.2) is 5.11 Å². The number of nitrogens with one attached hydrogen (secondary N) is 2. The number of alkyl halides is 3. The Morgan fingerprint density at radius 2 is 1.73 bits per heavy atom. The maximum absolute atomic E-state index is 14.1. The van der Waals surface area contributed by atoms with Crippen LogP contribution in [0.25, 0.3) is 5.69 Å². The molecular formula is C33H34F3N5O2S. The Bertz CT molecular complexity index is 1710. The lowest BCUT2D eigenvalue weighted by Gasteiger charge is -2.29. The molecule has 1 saturated heterocycles. The van der Waals surface area contributed by atoms with Gasteiger partial charge in [0.25, 0.3) is 0 Å². The van der Waals surface area contributed by atoms with Crippen molar-refractivity contribution in [3.05, 3.63) is 101 Å². The zero-order valence-corrected chi connectivity index (χ0v) is 26.1. The third kappa shape index (κ3) is 5.76. The zero-order chi connectivity index (χ0) is 32.0. The lowest BCUT2D eigenvalue weighted by molar-refractivity contribution is -0.137. The summed E-state index contributed by atoms with van der Waals surface area (Å²) < 4.78 is 49.5. The highest BCUT2D eigenvalue weighted by atomic mass is 32.1. The van der Waals surface area contributed by atoms with Crippen LogP contribution in [0.15, 0.2) is 72.9 Å². The highest BCUT2D eigenvalue weighted by molar-refractivity contribution is 7.80. The molecule has 3 heterocycles. The minimum atomic E-state index is -4.53. The highest BCUT2D eigenvalue weighted by Crippen LogP contribution is 2.46. The number of para-hydroxylation sites is 1. The van der Waals surface area contributed by atoms with E-state index in [1.54, 1.807) is 35.9 Å². The number of carbonyl (C=O) groups excluding carboxylic acids is 1. The van der Waals surface area contributed by atoms with Crippen molar-refractivity contribution < 1.29 is 22.7 Å². The van der Waals surface area contributed by atoms with Crippen molar-refractivity contribution in [1.82, 2.24) is 14.9 Å². The van der Waals surface area contributed by atoms with E-state index in [-0.39, 0.29) is 11.6 Å². The summed E-state index contributed by atoms with van der Waals surface area (Å²) in [4.78, 5) is 19.2. The molecule has 2 aromatic carbocycles. The summed E-state index contributed by atoms with van der Waals surface area (Å²) in [5.41, 5.74) is 2.70. The van der Waals surface area contributed by atoms with Crippen molar-refractivity contribution in [3.8, 4) is 11.4 Å². The van der Waals surface area contributed by atoms with E-state index in [4.69, 9.17) is 17.0 Å². The van der Waals surface area contributed by atoms with E-state index in [9.17, 15) is 18.0 Å². The quantitative estimate of drug-likeness (QED) is 0.215. The molecule has 0 saturated carbocycles. The predicted molar refractivity (Wildman–Crippen MR) is 169 cm³/mol. The van der Waals surface area contributed by atoms with Gasteiger partial charge in [-0.2, -0.15) is 13.2 Å². The number of rotatable bonds is 6. The topological polar surface area (TPSA) is 71.4 Å². The van der Waals surface area contributed by atoms with E-state index >= 15 is 0 Å².